The van der Waals surface area contributed by atoms with E-state index in [9.17, 15) is 0 Å². The molecule has 0 spiro atoms. The van der Waals surface area contributed by atoms with Crippen molar-refractivity contribution in [2.24, 2.45) is 0 Å². The number of benzene rings is 4. The number of para-hydroxylation sites is 1. The molecule has 0 atom stereocenters. The number of pyridine rings is 1. The van der Waals surface area contributed by atoms with Crippen LogP contribution in [0.5, 0.6) is 11.5 Å². The van der Waals surface area contributed by atoms with Crippen molar-refractivity contribution in [3.05, 3.63) is 138 Å². The van der Waals surface area contributed by atoms with Gasteiger partial charge in [-0.2, -0.15) is 0 Å². The number of hydrogen-bond acceptors (Lipinski definition) is 2. The minimum atomic E-state index is 0.0178. The van der Waals surface area contributed by atoms with Crippen LogP contribution in [0.2, 0.25) is 0 Å². The third-order valence-corrected chi connectivity index (χ3v) is 8.44. The van der Waals surface area contributed by atoms with Gasteiger partial charge < -0.3 is 4.74 Å². The van der Waals surface area contributed by atoms with Crippen LogP contribution in [0.1, 0.15) is 43.0 Å². The highest BCUT2D eigenvalue weighted by molar-refractivity contribution is 6.09. The minimum absolute atomic E-state index is 0.0178. The largest absolute Gasteiger partial charge is 0.458 e. The van der Waals surface area contributed by atoms with Gasteiger partial charge in [0.25, 0.3) is 6.33 Å². The van der Waals surface area contributed by atoms with Crippen molar-refractivity contribution in [1.82, 2.24) is 14.1 Å². The Morgan fingerprint density at radius 1 is 0.773 bits per heavy atom. The molecule has 44 heavy (non-hydrogen) atoms. The van der Waals surface area contributed by atoms with Gasteiger partial charge in [-0.1, -0.05) is 62.2 Å². The highest BCUT2D eigenvalue weighted by Crippen LogP contribution is 2.36. The number of hydrogen-bond donors (Lipinski definition) is 0. The van der Waals surface area contributed by atoms with Crippen LogP contribution in [0, 0.1) is 27.1 Å². The summed E-state index contributed by atoms with van der Waals surface area (Å²) in [5.41, 5.74) is 9.32. The molecule has 4 aromatic carbocycles. The molecule has 0 radical (unpaired) electrons. The number of fused-ring (bicyclic) bond motifs is 3. The van der Waals surface area contributed by atoms with Crippen LogP contribution in [0.25, 0.3) is 39.0 Å². The normalized spacial score (nSPS) is 11.9. The number of rotatable bonds is 5. The topological polar surface area (TPSA) is 35.9 Å². The van der Waals surface area contributed by atoms with Crippen molar-refractivity contribution in [2.45, 2.75) is 47.0 Å². The third-order valence-electron chi connectivity index (χ3n) is 8.44. The molecule has 0 aliphatic heterocycles. The lowest BCUT2D eigenvalue weighted by molar-refractivity contribution is -0.599. The fourth-order valence-electron chi connectivity index (χ4n) is 5.96. The van der Waals surface area contributed by atoms with Crippen LogP contribution in [-0.2, 0) is 5.41 Å². The van der Waals surface area contributed by atoms with Crippen LogP contribution in [-0.4, -0.2) is 14.1 Å². The monoisotopic (exact) mass is 576 g/mol. The summed E-state index contributed by atoms with van der Waals surface area (Å²) in [7, 11) is 0. The Kier molecular flexibility index (Phi) is 6.62. The van der Waals surface area contributed by atoms with Crippen molar-refractivity contribution >= 4 is 21.8 Å². The zero-order chi connectivity index (χ0) is 30.6. The molecule has 5 nitrogen and oxygen atoms in total. The predicted molar refractivity (Wildman–Crippen MR) is 178 cm³/mol. The van der Waals surface area contributed by atoms with Crippen molar-refractivity contribution < 1.29 is 9.30 Å². The number of imidazole rings is 1. The van der Waals surface area contributed by atoms with E-state index in [1.54, 1.807) is 0 Å². The first kappa shape index (κ1) is 27.7. The second-order valence-electron chi connectivity index (χ2n) is 12.6. The lowest BCUT2D eigenvalue weighted by atomic mass is 9.88. The van der Waals surface area contributed by atoms with Gasteiger partial charge in [-0.15, -0.1) is 0 Å². The van der Waals surface area contributed by atoms with Gasteiger partial charge in [0.2, 0.25) is 0 Å². The van der Waals surface area contributed by atoms with Gasteiger partial charge in [0.05, 0.1) is 22.4 Å². The molecule has 0 amide bonds. The molecule has 0 aliphatic rings. The molecule has 0 unspecified atom stereocenters. The molecule has 3 heterocycles. The zero-order valence-corrected chi connectivity index (χ0v) is 26.1. The molecule has 3 aromatic heterocycles. The van der Waals surface area contributed by atoms with E-state index in [2.05, 4.69) is 124 Å². The molecule has 5 heteroatoms. The van der Waals surface area contributed by atoms with Gasteiger partial charge in [0.1, 0.15) is 17.3 Å². The quantitative estimate of drug-likeness (QED) is 0.151. The number of nitrogens with zero attached hydrogens (tertiary/aromatic N) is 4. The van der Waals surface area contributed by atoms with Gasteiger partial charge in [0.15, 0.2) is 0 Å². The minimum Gasteiger partial charge on any atom is -0.458 e. The average molecular weight is 577 g/mol. The first-order valence-corrected chi connectivity index (χ1v) is 15.0. The molecule has 0 saturated heterocycles. The van der Waals surface area contributed by atoms with Crippen molar-refractivity contribution in [3.8, 4) is 28.7 Å². The number of aromatic nitrogens is 4. The van der Waals surface area contributed by atoms with E-state index < -0.39 is 0 Å². The summed E-state index contributed by atoms with van der Waals surface area (Å²) in [4.78, 5) is 4.81. The van der Waals surface area contributed by atoms with Gasteiger partial charge in [-0.05, 0) is 91.9 Å². The van der Waals surface area contributed by atoms with E-state index in [4.69, 9.17) is 9.72 Å². The first-order chi connectivity index (χ1) is 21.2. The maximum atomic E-state index is 6.49. The first-order valence-electron chi connectivity index (χ1n) is 15.0. The summed E-state index contributed by atoms with van der Waals surface area (Å²) < 4.78 is 12.8. The third kappa shape index (κ3) is 4.94. The van der Waals surface area contributed by atoms with Crippen molar-refractivity contribution in [3.63, 3.8) is 0 Å². The molecular formula is C39H36N4O. The SMILES string of the molecule is Cc1cc(C)c(C)c(-[n+]2[c-]n(-c3cccc(Oc4ccc5c6ccccc6n(-c6cc(C(C)(C)C)ccn6)c5c4)c3)cc2)c1. The van der Waals surface area contributed by atoms with E-state index in [0.29, 0.717) is 0 Å². The molecule has 7 rings (SSSR count). The van der Waals surface area contributed by atoms with Crippen LogP contribution >= 0.6 is 0 Å². The van der Waals surface area contributed by atoms with Gasteiger partial charge in [-0.3, -0.25) is 13.7 Å². The summed E-state index contributed by atoms with van der Waals surface area (Å²) in [6.45, 7) is 13.1. The standard InChI is InChI=1S/C39H36N4O/c1-26-20-27(2)28(3)36(21-26)42-19-18-41(25-42)30-10-9-11-31(23-30)44-32-14-15-34-33-12-7-8-13-35(33)43(37(34)24-32)38-22-29(16-17-40-38)39(4,5)6/h7-24H,1-6H3. The van der Waals surface area contributed by atoms with Crippen LogP contribution < -0.4 is 9.30 Å². The van der Waals surface area contributed by atoms with Crippen LogP contribution in [0.4, 0.5) is 0 Å². The Hall–Kier alpha value is -5.16. The second kappa shape index (κ2) is 10.5. The van der Waals surface area contributed by atoms with Crippen molar-refractivity contribution in [1.29, 1.82) is 0 Å². The molecule has 7 aromatic rings. The smallest absolute Gasteiger partial charge is 0.268 e. The maximum absolute atomic E-state index is 6.49. The summed E-state index contributed by atoms with van der Waals surface area (Å²) in [5, 5.41) is 2.35. The highest BCUT2D eigenvalue weighted by Gasteiger charge is 2.18. The maximum Gasteiger partial charge on any atom is 0.268 e. The predicted octanol–water partition coefficient (Wildman–Crippen LogP) is 9.06. The summed E-state index contributed by atoms with van der Waals surface area (Å²) in [5.74, 6) is 2.43. The van der Waals surface area contributed by atoms with Gasteiger partial charge in [-0.25, -0.2) is 4.98 Å². The molecule has 0 bridgehead atoms. The van der Waals surface area contributed by atoms with Crippen LogP contribution in [0.15, 0.2) is 110 Å². The fourth-order valence-corrected chi connectivity index (χ4v) is 5.96. The van der Waals surface area contributed by atoms with E-state index in [1.165, 1.54) is 27.6 Å². The molecule has 0 saturated carbocycles. The van der Waals surface area contributed by atoms with Crippen LogP contribution in [0.3, 0.4) is 0 Å². The molecule has 0 aliphatic carbocycles. The molecule has 0 fully saturated rings. The average Bonchev–Trinajstić information content (AvgIpc) is 3.62. The summed E-state index contributed by atoms with van der Waals surface area (Å²) >= 11 is 0. The van der Waals surface area contributed by atoms with Crippen molar-refractivity contribution in [2.75, 3.05) is 0 Å². The van der Waals surface area contributed by atoms with Gasteiger partial charge in [0, 0.05) is 35.4 Å². The summed E-state index contributed by atoms with van der Waals surface area (Å²) in [6.07, 6.45) is 9.46. The Morgan fingerprint density at radius 3 is 2.41 bits per heavy atom. The van der Waals surface area contributed by atoms with E-state index in [0.717, 1.165) is 45.1 Å². The Balaban J connectivity index is 1.26. The fraction of sp³-hybridized carbons (Fsp3) is 0.179. The Bertz CT molecular complexity index is 2180. The van der Waals surface area contributed by atoms with E-state index in [1.807, 2.05) is 47.4 Å². The second-order valence-corrected chi connectivity index (χ2v) is 12.6. The van der Waals surface area contributed by atoms with E-state index in [-0.39, 0.29) is 5.41 Å². The van der Waals surface area contributed by atoms with Gasteiger partial charge >= 0.3 is 0 Å². The zero-order valence-electron chi connectivity index (χ0n) is 26.1. The molecule has 0 N–H and O–H groups in total. The number of aryl methyl sites for hydroxylation is 2. The highest BCUT2D eigenvalue weighted by atomic mass is 16.5. The lowest BCUT2D eigenvalue weighted by Gasteiger charge is -2.20. The Morgan fingerprint density at radius 2 is 1.57 bits per heavy atom. The number of ether oxygens (including phenoxy) is 1. The molecule has 218 valence electrons. The summed E-state index contributed by atoms with van der Waals surface area (Å²) in [6, 6.07) is 31.6. The Labute approximate surface area is 258 Å². The van der Waals surface area contributed by atoms with E-state index >= 15 is 0 Å². The lowest BCUT2D eigenvalue weighted by Crippen LogP contribution is -2.29. The molecular weight excluding hydrogens is 540 g/mol.